The summed E-state index contributed by atoms with van der Waals surface area (Å²) in [5, 5.41) is 11.3. The Balaban J connectivity index is 2.77. The molecular weight excluding hydrogens is 196 g/mol. The Bertz CT molecular complexity index is 557. The lowest BCUT2D eigenvalue weighted by molar-refractivity contribution is -0.384. The number of nitro benzene ring substituents is 1. The summed E-state index contributed by atoms with van der Waals surface area (Å²) in [7, 11) is 1.75. The van der Waals surface area contributed by atoms with Gasteiger partial charge < -0.3 is 4.57 Å². The van der Waals surface area contributed by atoms with Crippen LogP contribution >= 0.6 is 0 Å². The molecule has 5 nitrogen and oxygen atoms in total. The zero-order chi connectivity index (χ0) is 11.0. The van der Waals surface area contributed by atoms with Crippen LogP contribution in [0, 0.1) is 10.1 Å². The first-order valence-corrected chi connectivity index (χ1v) is 4.32. The Kier molecular flexibility index (Phi) is 2.00. The maximum absolute atomic E-state index is 10.7. The molecule has 0 fully saturated rings. The minimum Gasteiger partial charge on any atom is -0.350 e. The van der Waals surface area contributed by atoms with Crippen LogP contribution in [0.4, 0.5) is 5.69 Å². The largest absolute Gasteiger partial charge is 0.350 e. The summed E-state index contributed by atoms with van der Waals surface area (Å²) in [6, 6.07) is 4.45. The molecule has 1 aromatic heterocycles. The summed E-state index contributed by atoms with van der Waals surface area (Å²) < 4.78 is 1.70. The number of rotatable bonds is 2. The summed E-state index contributed by atoms with van der Waals surface area (Å²) in [6.07, 6.45) is 2.40. The third-order valence-corrected chi connectivity index (χ3v) is 2.34. The van der Waals surface area contributed by atoms with Crippen molar-refractivity contribution in [3.63, 3.8) is 0 Å². The van der Waals surface area contributed by atoms with E-state index in [0.29, 0.717) is 11.1 Å². The zero-order valence-corrected chi connectivity index (χ0v) is 8.01. The number of fused-ring (bicyclic) bond motifs is 1. The van der Waals surface area contributed by atoms with Crippen LogP contribution in [0.2, 0.25) is 0 Å². The number of non-ortho nitro benzene ring substituents is 1. The van der Waals surface area contributed by atoms with Gasteiger partial charge in [-0.1, -0.05) is 0 Å². The van der Waals surface area contributed by atoms with Gasteiger partial charge >= 0.3 is 0 Å². The Morgan fingerprint density at radius 3 is 2.80 bits per heavy atom. The van der Waals surface area contributed by atoms with E-state index in [-0.39, 0.29) is 5.69 Å². The van der Waals surface area contributed by atoms with E-state index in [4.69, 9.17) is 0 Å². The van der Waals surface area contributed by atoms with Crippen LogP contribution in [0.5, 0.6) is 0 Å². The second-order valence-electron chi connectivity index (χ2n) is 3.27. The van der Waals surface area contributed by atoms with Gasteiger partial charge in [-0.2, -0.15) is 0 Å². The minimum absolute atomic E-state index is 0.0288. The van der Waals surface area contributed by atoms with Crippen molar-refractivity contribution in [2.75, 3.05) is 0 Å². The maximum Gasteiger partial charge on any atom is 0.271 e. The topological polar surface area (TPSA) is 65.1 Å². The van der Waals surface area contributed by atoms with E-state index in [9.17, 15) is 14.9 Å². The van der Waals surface area contributed by atoms with E-state index in [1.54, 1.807) is 23.9 Å². The fourth-order valence-electron chi connectivity index (χ4n) is 1.61. The molecule has 2 aromatic rings. The number of nitrogens with zero attached hydrogens (tertiary/aromatic N) is 2. The molecule has 1 heterocycles. The van der Waals surface area contributed by atoms with E-state index in [1.807, 2.05) is 0 Å². The average molecular weight is 204 g/mol. The molecule has 76 valence electrons. The molecule has 0 atom stereocenters. The molecule has 0 saturated carbocycles. The predicted molar refractivity (Wildman–Crippen MR) is 55.0 cm³/mol. The summed E-state index contributed by atoms with van der Waals surface area (Å²) >= 11 is 0. The summed E-state index contributed by atoms with van der Waals surface area (Å²) in [4.78, 5) is 20.8. The minimum atomic E-state index is -0.451. The fraction of sp³-hybridized carbons (Fsp3) is 0.100. The highest BCUT2D eigenvalue weighted by Gasteiger charge is 2.11. The molecule has 0 saturated heterocycles. The number of aldehydes is 1. The molecule has 0 spiro atoms. The molecule has 0 N–H and O–H groups in total. The van der Waals surface area contributed by atoms with Gasteiger partial charge in [0.2, 0.25) is 0 Å². The summed E-state index contributed by atoms with van der Waals surface area (Å²) in [6.45, 7) is 0. The SMILES string of the molecule is Cn1cc(C=O)c2ccc([N+](=O)[O-])cc21. The molecule has 0 aliphatic carbocycles. The van der Waals surface area contributed by atoms with Gasteiger partial charge in [0.15, 0.2) is 6.29 Å². The first-order valence-electron chi connectivity index (χ1n) is 4.32. The van der Waals surface area contributed by atoms with Gasteiger partial charge in [-0.05, 0) is 6.07 Å². The van der Waals surface area contributed by atoms with Crippen molar-refractivity contribution in [2.45, 2.75) is 0 Å². The van der Waals surface area contributed by atoms with Crippen molar-refractivity contribution in [3.8, 4) is 0 Å². The van der Waals surface area contributed by atoms with Gasteiger partial charge in [0.05, 0.1) is 10.4 Å². The van der Waals surface area contributed by atoms with Crippen molar-refractivity contribution in [3.05, 3.63) is 40.1 Å². The molecule has 0 unspecified atom stereocenters. The highest BCUT2D eigenvalue weighted by atomic mass is 16.6. The van der Waals surface area contributed by atoms with Crippen molar-refractivity contribution in [1.82, 2.24) is 4.57 Å². The predicted octanol–water partition coefficient (Wildman–Crippen LogP) is 1.90. The van der Waals surface area contributed by atoms with Crippen molar-refractivity contribution in [2.24, 2.45) is 7.05 Å². The number of hydrogen-bond donors (Lipinski definition) is 0. The Morgan fingerprint density at radius 1 is 1.47 bits per heavy atom. The van der Waals surface area contributed by atoms with Crippen LogP contribution in [-0.2, 0) is 7.05 Å². The van der Waals surface area contributed by atoms with Gasteiger partial charge in [-0.15, -0.1) is 0 Å². The average Bonchev–Trinajstić information content (AvgIpc) is 2.55. The molecule has 2 rings (SSSR count). The van der Waals surface area contributed by atoms with Crippen molar-refractivity contribution >= 4 is 22.9 Å². The van der Waals surface area contributed by atoms with Crippen LogP contribution in [0.15, 0.2) is 24.4 Å². The van der Waals surface area contributed by atoms with Gasteiger partial charge in [0.25, 0.3) is 5.69 Å². The van der Waals surface area contributed by atoms with Crippen LogP contribution < -0.4 is 0 Å². The third kappa shape index (κ3) is 1.38. The monoisotopic (exact) mass is 204 g/mol. The van der Waals surface area contributed by atoms with E-state index in [2.05, 4.69) is 0 Å². The quantitative estimate of drug-likeness (QED) is 0.426. The smallest absolute Gasteiger partial charge is 0.271 e. The van der Waals surface area contributed by atoms with Gasteiger partial charge in [0.1, 0.15) is 0 Å². The van der Waals surface area contributed by atoms with Crippen LogP contribution in [0.3, 0.4) is 0 Å². The van der Waals surface area contributed by atoms with E-state index in [1.165, 1.54) is 12.1 Å². The van der Waals surface area contributed by atoms with Gasteiger partial charge in [0, 0.05) is 36.3 Å². The highest BCUT2D eigenvalue weighted by molar-refractivity contribution is 5.98. The van der Waals surface area contributed by atoms with Gasteiger partial charge in [-0.25, -0.2) is 0 Å². The molecule has 0 amide bonds. The first kappa shape index (κ1) is 9.39. The Labute approximate surface area is 85.1 Å². The lowest BCUT2D eigenvalue weighted by atomic mass is 10.2. The number of carbonyl (C=O) groups is 1. The van der Waals surface area contributed by atoms with E-state index < -0.39 is 4.92 Å². The second-order valence-corrected chi connectivity index (χ2v) is 3.27. The molecule has 15 heavy (non-hydrogen) atoms. The van der Waals surface area contributed by atoms with Crippen LogP contribution in [0.1, 0.15) is 10.4 Å². The molecular formula is C10H8N2O3. The fourth-order valence-corrected chi connectivity index (χ4v) is 1.61. The number of hydrogen-bond acceptors (Lipinski definition) is 3. The van der Waals surface area contributed by atoms with Gasteiger partial charge in [-0.3, -0.25) is 14.9 Å². The van der Waals surface area contributed by atoms with Crippen LogP contribution in [-0.4, -0.2) is 15.8 Å². The molecule has 0 radical (unpaired) electrons. The molecule has 0 aliphatic heterocycles. The van der Waals surface area contributed by atoms with Crippen LogP contribution in [0.25, 0.3) is 10.9 Å². The highest BCUT2D eigenvalue weighted by Crippen LogP contribution is 2.23. The molecule has 1 aromatic carbocycles. The standard InChI is InChI=1S/C10H8N2O3/c1-11-5-7(6-13)9-3-2-8(12(14)15)4-10(9)11/h2-6H,1H3. The third-order valence-electron chi connectivity index (χ3n) is 2.34. The molecule has 5 heteroatoms. The summed E-state index contributed by atoms with van der Waals surface area (Å²) in [5.74, 6) is 0. The number of aryl methyl sites for hydroxylation is 1. The number of carbonyl (C=O) groups excluding carboxylic acids is 1. The first-order chi connectivity index (χ1) is 7.13. The number of nitro groups is 1. The lowest BCUT2D eigenvalue weighted by Gasteiger charge is -1.95. The Hall–Kier alpha value is -2.17. The summed E-state index contributed by atoms with van der Waals surface area (Å²) in [5.41, 5.74) is 1.26. The number of benzene rings is 1. The van der Waals surface area contributed by atoms with E-state index >= 15 is 0 Å². The van der Waals surface area contributed by atoms with Crippen molar-refractivity contribution in [1.29, 1.82) is 0 Å². The molecule has 0 bridgehead atoms. The normalized spacial score (nSPS) is 10.5. The maximum atomic E-state index is 10.7. The molecule has 0 aliphatic rings. The lowest BCUT2D eigenvalue weighted by Crippen LogP contribution is -1.89. The van der Waals surface area contributed by atoms with E-state index in [0.717, 1.165) is 11.7 Å². The van der Waals surface area contributed by atoms with Crippen molar-refractivity contribution < 1.29 is 9.72 Å². The second kappa shape index (κ2) is 3.20. The Morgan fingerprint density at radius 2 is 2.20 bits per heavy atom. The number of aromatic nitrogens is 1. The zero-order valence-electron chi connectivity index (χ0n) is 8.01.